The van der Waals surface area contributed by atoms with Gasteiger partial charge < -0.3 is 10.6 Å². The first-order valence-electron chi connectivity index (χ1n) is 7.70. The Balaban J connectivity index is 1.94. The molecule has 1 aliphatic rings. The van der Waals surface area contributed by atoms with Crippen LogP contribution in [0.15, 0.2) is 24.3 Å². The molecule has 1 saturated carbocycles. The maximum atomic E-state index is 3.81. The third-order valence-corrected chi connectivity index (χ3v) is 4.43. The van der Waals surface area contributed by atoms with Crippen LogP contribution >= 0.6 is 0 Å². The van der Waals surface area contributed by atoms with Gasteiger partial charge in [0.1, 0.15) is 0 Å². The summed E-state index contributed by atoms with van der Waals surface area (Å²) in [6, 6.07) is 8.83. The van der Waals surface area contributed by atoms with Gasteiger partial charge in [-0.1, -0.05) is 43.5 Å². The van der Waals surface area contributed by atoms with Crippen LogP contribution in [0.3, 0.4) is 0 Å². The zero-order valence-electron chi connectivity index (χ0n) is 12.5. The van der Waals surface area contributed by atoms with Crippen molar-refractivity contribution in [2.75, 3.05) is 13.6 Å². The van der Waals surface area contributed by atoms with Crippen LogP contribution in [-0.2, 0) is 13.0 Å². The SMILES string of the molecule is CNCCc1ccccc1CNC1(C)CCCCC1. The molecule has 1 aliphatic carbocycles. The Labute approximate surface area is 118 Å². The molecule has 0 saturated heterocycles. The minimum atomic E-state index is 0.356. The second kappa shape index (κ2) is 7.06. The molecule has 106 valence electrons. The van der Waals surface area contributed by atoms with E-state index in [1.807, 2.05) is 7.05 Å². The predicted octanol–water partition coefficient (Wildman–Crippen LogP) is 3.26. The van der Waals surface area contributed by atoms with Crippen LogP contribution in [-0.4, -0.2) is 19.1 Å². The summed E-state index contributed by atoms with van der Waals surface area (Å²) in [5.74, 6) is 0. The molecule has 0 aromatic heterocycles. The van der Waals surface area contributed by atoms with Crippen LogP contribution in [0.1, 0.15) is 50.2 Å². The zero-order chi connectivity index (χ0) is 13.6. The van der Waals surface area contributed by atoms with E-state index in [-0.39, 0.29) is 0 Å². The first kappa shape index (κ1) is 14.5. The largest absolute Gasteiger partial charge is 0.319 e. The number of rotatable bonds is 6. The molecule has 0 spiro atoms. The van der Waals surface area contributed by atoms with Gasteiger partial charge in [0.2, 0.25) is 0 Å². The molecule has 1 aromatic rings. The molecule has 0 unspecified atom stereocenters. The maximum Gasteiger partial charge on any atom is 0.0213 e. The van der Waals surface area contributed by atoms with Gasteiger partial charge in [0.25, 0.3) is 0 Å². The highest BCUT2D eigenvalue weighted by atomic mass is 15.0. The average Bonchev–Trinajstić information content (AvgIpc) is 2.45. The first-order chi connectivity index (χ1) is 9.23. The molecule has 19 heavy (non-hydrogen) atoms. The summed E-state index contributed by atoms with van der Waals surface area (Å²) >= 11 is 0. The Kier molecular flexibility index (Phi) is 5.41. The second-order valence-electron chi connectivity index (χ2n) is 6.10. The second-order valence-corrected chi connectivity index (χ2v) is 6.10. The number of likely N-dealkylation sites (N-methyl/N-ethyl adjacent to an activating group) is 1. The van der Waals surface area contributed by atoms with Crippen molar-refractivity contribution >= 4 is 0 Å². The van der Waals surface area contributed by atoms with E-state index in [0.29, 0.717) is 5.54 Å². The van der Waals surface area contributed by atoms with Crippen molar-refractivity contribution in [3.8, 4) is 0 Å². The van der Waals surface area contributed by atoms with Crippen molar-refractivity contribution in [3.63, 3.8) is 0 Å². The number of hydrogen-bond acceptors (Lipinski definition) is 2. The molecule has 0 atom stereocenters. The van der Waals surface area contributed by atoms with Gasteiger partial charge in [0.15, 0.2) is 0 Å². The minimum Gasteiger partial charge on any atom is -0.319 e. The lowest BCUT2D eigenvalue weighted by Gasteiger charge is -2.35. The van der Waals surface area contributed by atoms with Crippen molar-refractivity contribution in [1.82, 2.24) is 10.6 Å². The fourth-order valence-corrected chi connectivity index (χ4v) is 3.05. The van der Waals surface area contributed by atoms with Crippen LogP contribution < -0.4 is 10.6 Å². The van der Waals surface area contributed by atoms with Crippen molar-refractivity contribution in [2.24, 2.45) is 0 Å². The average molecular weight is 260 g/mol. The Morgan fingerprint density at radius 3 is 2.42 bits per heavy atom. The van der Waals surface area contributed by atoms with Gasteiger partial charge in [0.05, 0.1) is 0 Å². The van der Waals surface area contributed by atoms with E-state index in [9.17, 15) is 0 Å². The quantitative estimate of drug-likeness (QED) is 0.820. The van der Waals surface area contributed by atoms with Gasteiger partial charge in [-0.15, -0.1) is 0 Å². The molecule has 0 aliphatic heterocycles. The number of benzene rings is 1. The molecule has 2 nitrogen and oxygen atoms in total. The van der Waals surface area contributed by atoms with E-state index in [1.54, 1.807) is 0 Å². The molecule has 2 N–H and O–H groups in total. The van der Waals surface area contributed by atoms with E-state index < -0.39 is 0 Å². The third kappa shape index (κ3) is 4.32. The Morgan fingerprint density at radius 1 is 1.05 bits per heavy atom. The molecular weight excluding hydrogens is 232 g/mol. The summed E-state index contributed by atoms with van der Waals surface area (Å²) in [5, 5.41) is 7.05. The van der Waals surface area contributed by atoms with Crippen LogP contribution in [0.25, 0.3) is 0 Å². The zero-order valence-corrected chi connectivity index (χ0v) is 12.5. The van der Waals surface area contributed by atoms with Gasteiger partial charge in [-0.3, -0.25) is 0 Å². The van der Waals surface area contributed by atoms with Crippen LogP contribution in [0, 0.1) is 0 Å². The van der Waals surface area contributed by atoms with E-state index in [0.717, 1.165) is 19.5 Å². The van der Waals surface area contributed by atoms with Crippen molar-refractivity contribution in [1.29, 1.82) is 0 Å². The lowest BCUT2D eigenvalue weighted by atomic mass is 9.83. The molecule has 0 radical (unpaired) electrons. The molecule has 0 bridgehead atoms. The molecule has 1 fully saturated rings. The Bertz CT molecular complexity index is 381. The normalized spacial score (nSPS) is 18.4. The summed E-state index contributed by atoms with van der Waals surface area (Å²) in [4.78, 5) is 0. The maximum absolute atomic E-state index is 3.81. The number of nitrogens with one attached hydrogen (secondary N) is 2. The Morgan fingerprint density at radius 2 is 1.74 bits per heavy atom. The minimum absolute atomic E-state index is 0.356. The molecule has 1 aromatic carbocycles. The molecule has 2 heteroatoms. The van der Waals surface area contributed by atoms with Crippen LogP contribution in [0.4, 0.5) is 0 Å². The topological polar surface area (TPSA) is 24.1 Å². The van der Waals surface area contributed by atoms with Gasteiger partial charge in [-0.05, 0) is 50.9 Å². The van der Waals surface area contributed by atoms with Gasteiger partial charge in [-0.2, -0.15) is 0 Å². The monoisotopic (exact) mass is 260 g/mol. The summed E-state index contributed by atoms with van der Waals surface area (Å²) in [7, 11) is 2.02. The lowest BCUT2D eigenvalue weighted by molar-refractivity contribution is 0.252. The summed E-state index contributed by atoms with van der Waals surface area (Å²) in [6.45, 7) is 4.45. The highest BCUT2D eigenvalue weighted by molar-refractivity contribution is 5.27. The van der Waals surface area contributed by atoms with Crippen molar-refractivity contribution in [2.45, 2.75) is 57.5 Å². The highest BCUT2D eigenvalue weighted by Gasteiger charge is 2.25. The predicted molar refractivity (Wildman–Crippen MR) is 82.4 cm³/mol. The smallest absolute Gasteiger partial charge is 0.0213 e. The molecule has 0 heterocycles. The molecular formula is C17H28N2. The van der Waals surface area contributed by atoms with Gasteiger partial charge >= 0.3 is 0 Å². The van der Waals surface area contributed by atoms with Gasteiger partial charge in [-0.25, -0.2) is 0 Å². The fraction of sp³-hybridized carbons (Fsp3) is 0.647. The van der Waals surface area contributed by atoms with E-state index in [4.69, 9.17) is 0 Å². The summed E-state index contributed by atoms with van der Waals surface area (Å²) in [5.41, 5.74) is 3.29. The summed E-state index contributed by atoms with van der Waals surface area (Å²) < 4.78 is 0. The summed E-state index contributed by atoms with van der Waals surface area (Å²) in [6.07, 6.45) is 7.94. The van der Waals surface area contributed by atoms with Crippen LogP contribution in [0.2, 0.25) is 0 Å². The van der Waals surface area contributed by atoms with E-state index in [2.05, 4.69) is 41.8 Å². The van der Waals surface area contributed by atoms with E-state index >= 15 is 0 Å². The molecule has 0 amide bonds. The fourth-order valence-electron chi connectivity index (χ4n) is 3.05. The molecule has 2 rings (SSSR count). The Hall–Kier alpha value is -0.860. The third-order valence-electron chi connectivity index (χ3n) is 4.43. The van der Waals surface area contributed by atoms with Crippen molar-refractivity contribution < 1.29 is 0 Å². The van der Waals surface area contributed by atoms with Crippen molar-refractivity contribution in [3.05, 3.63) is 35.4 Å². The first-order valence-corrected chi connectivity index (χ1v) is 7.70. The van der Waals surface area contributed by atoms with Crippen LogP contribution in [0.5, 0.6) is 0 Å². The van der Waals surface area contributed by atoms with Gasteiger partial charge in [0, 0.05) is 12.1 Å². The standard InChI is InChI=1S/C17H28N2/c1-17(11-6-3-7-12-17)19-14-16-9-5-4-8-15(16)10-13-18-2/h4-5,8-9,18-19H,3,6-7,10-14H2,1-2H3. The van der Waals surface area contributed by atoms with E-state index in [1.165, 1.54) is 43.2 Å². The highest BCUT2D eigenvalue weighted by Crippen LogP contribution is 2.28. The number of hydrogen-bond donors (Lipinski definition) is 2. The lowest BCUT2D eigenvalue weighted by Crippen LogP contribution is -2.43.